The van der Waals surface area contributed by atoms with Crippen LogP contribution in [0.3, 0.4) is 0 Å². The predicted molar refractivity (Wildman–Crippen MR) is 58.6 cm³/mol. The lowest BCUT2D eigenvalue weighted by atomic mass is 10.3. The van der Waals surface area contributed by atoms with Gasteiger partial charge in [-0.2, -0.15) is 8.42 Å². The van der Waals surface area contributed by atoms with Crippen LogP contribution in [0.15, 0.2) is 23.1 Å². The Hall–Kier alpha value is -1.27. The topological polar surface area (TPSA) is 72.8 Å². The number of rotatable bonds is 5. The summed E-state index contributed by atoms with van der Waals surface area (Å²) < 4.78 is 41.2. The van der Waals surface area contributed by atoms with Crippen molar-refractivity contribution in [1.82, 2.24) is 0 Å². The van der Waals surface area contributed by atoms with Crippen molar-refractivity contribution in [3.8, 4) is 11.5 Å². The molecule has 90 valence electrons. The molecular weight excluding hydrogens is 232 g/mol. The molecule has 6 heteroatoms. The molecule has 5 nitrogen and oxygen atoms in total. The zero-order chi connectivity index (χ0) is 12.2. The molecule has 0 aliphatic heterocycles. The second-order valence-electron chi connectivity index (χ2n) is 2.95. The maximum absolute atomic E-state index is 10.9. The third-order valence-electron chi connectivity index (χ3n) is 1.81. The summed E-state index contributed by atoms with van der Waals surface area (Å²) in [6, 6.07) is 3.96. The van der Waals surface area contributed by atoms with E-state index >= 15 is 0 Å². The van der Waals surface area contributed by atoms with Crippen LogP contribution in [-0.4, -0.2) is 26.2 Å². The predicted octanol–water partition coefficient (Wildman–Crippen LogP) is 1.73. The minimum absolute atomic E-state index is 0.209. The van der Waals surface area contributed by atoms with Crippen molar-refractivity contribution < 1.29 is 22.4 Å². The number of benzene rings is 1. The van der Waals surface area contributed by atoms with E-state index in [1.807, 2.05) is 6.92 Å². The highest BCUT2D eigenvalue weighted by molar-refractivity contribution is 7.85. The van der Waals surface area contributed by atoms with Crippen LogP contribution in [-0.2, 0) is 10.1 Å². The molecule has 0 bridgehead atoms. The highest BCUT2D eigenvalue weighted by Gasteiger charge is 2.13. The van der Waals surface area contributed by atoms with Gasteiger partial charge in [0.15, 0.2) is 11.5 Å². The van der Waals surface area contributed by atoms with Gasteiger partial charge in [-0.05, 0) is 26.0 Å². The molecule has 0 aliphatic rings. The molecular formula is C10H14O5S. The quantitative estimate of drug-likeness (QED) is 0.801. The van der Waals surface area contributed by atoms with Crippen LogP contribution >= 0.6 is 0 Å². The summed E-state index contributed by atoms with van der Waals surface area (Å²) in [5.74, 6) is 0.760. The Bertz CT molecular complexity index is 452. The Balaban J connectivity index is 3.17. The first-order chi connectivity index (χ1) is 7.49. The number of hydrogen-bond acceptors (Lipinski definition) is 4. The molecule has 1 rings (SSSR count). The van der Waals surface area contributed by atoms with E-state index in [0.29, 0.717) is 24.7 Å². The van der Waals surface area contributed by atoms with E-state index in [1.54, 1.807) is 6.92 Å². The Morgan fingerprint density at radius 1 is 1.12 bits per heavy atom. The highest BCUT2D eigenvalue weighted by atomic mass is 32.2. The molecule has 0 atom stereocenters. The normalized spacial score (nSPS) is 11.2. The fraction of sp³-hybridized carbons (Fsp3) is 0.400. The third kappa shape index (κ3) is 3.11. The molecule has 0 saturated heterocycles. The SMILES string of the molecule is CCOc1ccc(S(=O)(=O)O)cc1OCC. The average molecular weight is 246 g/mol. The van der Waals surface area contributed by atoms with Gasteiger partial charge < -0.3 is 9.47 Å². The van der Waals surface area contributed by atoms with Crippen molar-refractivity contribution in [3.05, 3.63) is 18.2 Å². The van der Waals surface area contributed by atoms with Gasteiger partial charge in [0.25, 0.3) is 10.1 Å². The van der Waals surface area contributed by atoms with Gasteiger partial charge in [-0.3, -0.25) is 4.55 Å². The molecule has 1 aromatic carbocycles. The Labute approximate surface area is 94.7 Å². The van der Waals surface area contributed by atoms with Crippen LogP contribution in [0.25, 0.3) is 0 Å². The lowest BCUT2D eigenvalue weighted by molar-refractivity contribution is 0.287. The van der Waals surface area contributed by atoms with E-state index in [4.69, 9.17) is 14.0 Å². The summed E-state index contributed by atoms with van der Waals surface area (Å²) in [4.78, 5) is -0.209. The number of ether oxygens (including phenoxy) is 2. The van der Waals surface area contributed by atoms with Gasteiger partial charge in [0.1, 0.15) is 0 Å². The minimum Gasteiger partial charge on any atom is -0.490 e. The first kappa shape index (κ1) is 12.8. The molecule has 0 aromatic heterocycles. The molecule has 0 radical (unpaired) electrons. The molecule has 0 amide bonds. The van der Waals surface area contributed by atoms with Gasteiger partial charge in [0, 0.05) is 6.07 Å². The van der Waals surface area contributed by atoms with Gasteiger partial charge in [0.2, 0.25) is 0 Å². The average Bonchev–Trinajstić information content (AvgIpc) is 2.19. The first-order valence-corrected chi connectivity index (χ1v) is 6.30. The lowest BCUT2D eigenvalue weighted by Gasteiger charge is -2.11. The summed E-state index contributed by atoms with van der Waals surface area (Å²) >= 11 is 0. The van der Waals surface area contributed by atoms with Gasteiger partial charge in [-0.25, -0.2) is 0 Å². The van der Waals surface area contributed by atoms with Gasteiger partial charge in [0.05, 0.1) is 18.1 Å². The summed E-state index contributed by atoms with van der Waals surface area (Å²) in [6.45, 7) is 4.42. The van der Waals surface area contributed by atoms with E-state index in [2.05, 4.69) is 0 Å². The molecule has 16 heavy (non-hydrogen) atoms. The first-order valence-electron chi connectivity index (χ1n) is 4.86. The molecule has 0 unspecified atom stereocenters. The lowest BCUT2D eigenvalue weighted by Crippen LogP contribution is -2.02. The van der Waals surface area contributed by atoms with E-state index in [9.17, 15) is 8.42 Å². The molecule has 0 heterocycles. The smallest absolute Gasteiger partial charge is 0.294 e. The second kappa shape index (κ2) is 5.18. The fourth-order valence-electron chi connectivity index (χ4n) is 1.19. The molecule has 0 spiro atoms. The largest absolute Gasteiger partial charge is 0.490 e. The van der Waals surface area contributed by atoms with Crippen LogP contribution in [0, 0.1) is 0 Å². The van der Waals surface area contributed by atoms with Crippen LogP contribution in [0.4, 0.5) is 0 Å². The number of hydrogen-bond donors (Lipinski definition) is 1. The van der Waals surface area contributed by atoms with Crippen molar-refractivity contribution in [2.75, 3.05) is 13.2 Å². The van der Waals surface area contributed by atoms with Crippen LogP contribution in [0.1, 0.15) is 13.8 Å². The standard InChI is InChI=1S/C10H14O5S/c1-3-14-9-6-5-8(16(11,12)13)7-10(9)15-4-2/h5-7H,3-4H2,1-2H3,(H,11,12,13). The van der Waals surface area contributed by atoms with Crippen molar-refractivity contribution in [1.29, 1.82) is 0 Å². The Kier molecular flexibility index (Phi) is 4.14. The van der Waals surface area contributed by atoms with E-state index < -0.39 is 10.1 Å². The Morgan fingerprint density at radius 2 is 1.69 bits per heavy atom. The second-order valence-corrected chi connectivity index (χ2v) is 4.37. The molecule has 0 aliphatic carbocycles. The molecule has 1 aromatic rings. The van der Waals surface area contributed by atoms with Crippen molar-refractivity contribution >= 4 is 10.1 Å². The maximum atomic E-state index is 10.9. The van der Waals surface area contributed by atoms with Crippen molar-refractivity contribution in [2.45, 2.75) is 18.7 Å². The summed E-state index contributed by atoms with van der Waals surface area (Å²) in [5.41, 5.74) is 0. The Morgan fingerprint density at radius 3 is 2.19 bits per heavy atom. The third-order valence-corrected chi connectivity index (χ3v) is 2.66. The fourth-order valence-corrected chi connectivity index (χ4v) is 1.69. The van der Waals surface area contributed by atoms with Crippen LogP contribution in [0.5, 0.6) is 11.5 Å². The zero-order valence-electron chi connectivity index (χ0n) is 9.13. The molecule has 0 saturated carbocycles. The highest BCUT2D eigenvalue weighted by Crippen LogP contribution is 2.30. The maximum Gasteiger partial charge on any atom is 0.294 e. The monoisotopic (exact) mass is 246 g/mol. The van der Waals surface area contributed by atoms with Gasteiger partial charge >= 0.3 is 0 Å². The van der Waals surface area contributed by atoms with E-state index in [-0.39, 0.29) is 4.90 Å². The summed E-state index contributed by atoms with van der Waals surface area (Å²) in [6.07, 6.45) is 0. The summed E-state index contributed by atoms with van der Waals surface area (Å²) in [5, 5.41) is 0. The van der Waals surface area contributed by atoms with Crippen molar-refractivity contribution in [2.24, 2.45) is 0 Å². The summed E-state index contributed by atoms with van der Waals surface area (Å²) in [7, 11) is -4.21. The van der Waals surface area contributed by atoms with E-state index in [1.165, 1.54) is 18.2 Å². The van der Waals surface area contributed by atoms with Crippen LogP contribution < -0.4 is 9.47 Å². The van der Waals surface area contributed by atoms with E-state index in [0.717, 1.165) is 0 Å². The van der Waals surface area contributed by atoms with Crippen LogP contribution in [0.2, 0.25) is 0 Å². The van der Waals surface area contributed by atoms with Gasteiger partial charge in [-0.1, -0.05) is 0 Å². The van der Waals surface area contributed by atoms with Crippen molar-refractivity contribution in [3.63, 3.8) is 0 Å². The minimum atomic E-state index is -4.21. The van der Waals surface area contributed by atoms with Gasteiger partial charge in [-0.15, -0.1) is 0 Å². The zero-order valence-corrected chi connectivity index (χ0v) is 9.95. The molecule has 1 N–H and O–H groups in total. The molecule has 0 fully saturated rings.